The van der Waals surface area contributed by atoms with Gasteiger partial charge >= 0.3 is 0 Å². The molecule has 1 aliphatic heterocycles. The summed E-state index contributed by atoms with van der Waals surface area (Å²) in [5.74, 6) is -2.27. The van der Waals surface area contributed by atoms with Gasteiger partial charge in [-0.25, -0.2) is 21.9 Å². The van der Waals surface area contributed by atoms with Crippen molar-refractivity contribution >= 4 is 27.5 Å². The maximum atomic E-state index is 13.5. The Balaban J connectivity index is 1.78. The minimum Gasteiger partial charge on any atom is -0.376 e. The van der Waals surface area contributed by atoms with E-state index in [1.807, 2.05) is 0 Å². The largest absolute Gasteiger partial charge is 0.376 e. The molecule has 0 unspecified atom stereocenters. The minimum atomic E-state index is -4.11. The van der Waals surface area contributed by atoms with E-state index in [2.05, 4.69) is 10.0 Å². The van der Waals surface area contributed by atoms with E-state index in [-0.39, 0.29) is 29.7 Å². The van der Waals surface area contributed by atoms with Crippen molar-refractivity contribution in [3.8, 4) is 0 Å². The quantitative estimate of drug-likeness (QED) is 0.527. The Morgan fingerprint density at radius 1 is 1.09 bits per heavy atom. The molecule has 0 spiro atoms. The second-order valence-corrected chi connectivity index (χ2v) is 9.59. The number of carbonyl (C=O) groups is 2. The molecule has 3 rings (SSSR count). The lowest BCUT2D eigenvalue weighted by Gasteiger charge is -2.31. The standard InChI is InChI=1S/C23H27F2N3O5S/c1-2-21(23(30)26-14-19-4-3-13-33-19)28(18-9-5-16(24)6-10-18)22(29)15-27-34(31,32)20-11-7-17(25)8-12-20/h5-12,19,21,27H,2-4,13-15H2,1H3,(H,26,30)/t19-,21+/m1/s1. The van der Waals surface area contributed by atoms with Gasteiger partial charge in [0, 0.05) is 18.8 Å². The third kappa shape index (κ3) is 6.58. The summed E-state index contributed by atoms with van der Waals surface area (Å²) < 4.78 is 59.4. The Kier molecular flexibility index (Phi) is 8.70. The van der Waals surface area contributed by atoms with Crippen LogP contribution in [0.5, 0.6) is 0 Å². The fraction of sp³-hybridized carbons (Fsp3) is 0.391. The first-order valence-corrected chi connectivity index (χ1v) is 12.4. The van der Waals surface area contributed by atoms with E-state index in [1.165, 1.54) is 12.1 Å². The number of rotatable bonds is 10. The van der Waals surface area contributed by atoms with E-state index in [4.69, 9.17) is 4.74 Å². The number of sulfonamides is 1. The second kappa shape index (κ2) is 11.5. The maximum absolute atomic E-state index is 13.5. The van der Waals surface area contributed by atoms with E-state index in [1.54, 1.807) is 6.92 Å². The fourth-order valence-corrected chi connectivity index (χ4v) is 4.64. The first-order chi connectivity index (χ1) is 16.2. The van der Waals surface area contributed by atoms with Crippen molar-refractivity contribution < 1.29 is 31.5 Å². The fourth-order valence-electron chi connectivity index (χ4n) is 3.66. The highest BCUT2D eigenvalue weighted by atomic mass is 32.2. The van der Waals surface area contributed by atoms with Gasteiger partial charge in [-0.1, -0.05) is 6.92 Å². The predicted molar refractivity (Wildman–Crippen MR) is 122 cm³/mol. The maximum Gasteiger partial charge on any atom is 0.243 e. The van der Waals surface area contributed by atoms with Gasteiger partial charge in [0.15, 0.2) is 0 Å². The zero-order valence-electron chi connectivity index (χ0n) is 18.7. The van der Waals surface area contributed by atoms with Crippen LogP contribution in [-0.2, 0) is 24.3 Å². The van der Waals surface area contributed by atoms with E-state index in [0.717, 1.165) is 54.1 Å². The molecule has 2 aromatic carbocycles. The highest BCUT2D eigenvalue weighted by Gasteiger charge is 2.31. The number of nitrogens with zero attached hydrogens (tertiary/aromatic N) is 1. The molecule has 1 fully saturated rings. The Bertz CT molecular complexity index is 1090. The molecule has 2 aromatic rings. The van der Waals surface area contributed by atoms with Crippen LogP contribution in [0.3, 0.4) is 0 Å². The van der Waals surface area contributed by atoms with Crippen LogP contribution in [0.15, 0.2) is 53.4 Å². The average Bonchev–Trinajstić information content (AvgIpc) is 3.34. The predicted octanol–water partition coefficient (Wildman–Crippen LogP) is 2.35. The summed E-state index contributed by atoms with van der Waals surface area (Å²) in [6.07, 6.45) is 1.86. The zero-order valence-corrected chi connectivity index (χ0v) is 19.5. The third-order valence-electron chi connectivity index (χ3n) is 5.44. The van der Waals surface area contributed by atoms with Crippen LogP contribution in [0, 0.1) is 11.6 Å². The smallest absolute Gasteiger partial charge is 0.243 e. The van der Waals surface area contributed by atoms with Crippen LogP contribution >= 0.6 is 0 Å². The molecule has 0 aliphatic carbocycles. The normalized spacial score (nSPS) is 16.7. The van der Waals surface area contributed by atoms with Gasteiger partial charge in [-0.05, 0) is 67.8 Å². The summed E-state index contributed by atoms with van der Waals surface area (Å²) in [7, 11) is -4.11. The van der Waals surface area contributed by atoms with Crippen LogP contribution < -0.4 is 14.9 Å². The molecule has 0 radical (unpaired) electrons. The van der Waals surface area contributed by atoms with Crippen LogP contribution in [0.1, 0.15) is 26.2 Å². The molecule has 2 atom stereocenters. The topological polar surface area (TPSA) is 105 Å². The van der Waals surface area contributed by atoms with Gasteiger partial charge in [-0.15, -0.1) is 0 Å². The molecule has 1 saturated heterocycles. The van der Waals surface area contributed by atoms with Gasteiger partial charge in [0.05, 0.1) is 17.5 Å². The average molecular weight is 496 g/mol. The molecule has 2 amide bonds. The molecule has 1 heterocycles. The van der Waals surface area contributed by atoms with Gasteiger partial charge in [-0.2, -0.15) is 0 Å². The van der Waals surface area contributed by atoms with E-state index >= 15 is 0 Å². The molecule has 0 bridgehead atoms. The Morgan fingerprint density at radius 3 is 2.26 bits per heavy atom. The molecule has 0 aromatic heterocycles. The molecule has 2 N–H and O–H groups in total. The van der Waals surface area contributed by atoms with Crippen LogP contribution in [-0.4, -0.2) is 52.1 Å². The van der Waals surface area contributed by atoms with Gasteiger partial charge < -0.3 is 10.1 Å². The Morgan fingerprint density at radius 2 is 1.71 bits per heavy atom. The van der Waals surface area contributed by atoms with Crippen LogP contribution in [0.4, 0.5) is 14.5 Å². The number of amides is 2. The van der Waals surface area contributed by atoms with Crippen molar-refractivity contribution in [1.29, 1.82) is 0 Å². The lowest BCUT2D eigenvalue weighted by Crippen LogP contribution is -2.53. The first-order valence-electron chi connectivity index (χ1n) is 10.9. The van der Waals surface area contributed by atoms with Gasteiger partial charge in [0.1, 0.15) is 17.7 Å². The molecule has 8 nitrogen and oxygen atoms in total. The lowest BCUT2D eigenvalue weighted by molar-refractivity contribution is -0.126. The summed E-state index contributed by atoms with van der Waals surface area (Å²) in [5, 5.41) is 2.79. The summed E-state index contributed by atoms with van der Waals surface area (Å²) in [4.78, 5) is 27.1. The molecule has 34 heavy (non-hydrogen) atoms. The monoisotopic (exact) mass is 495 g/mol. The van der Waals surface area contributed by atoms with E-state index in [0.29, 0.717) is 6.61 Å². The Labute approximate surface area is 197 Å². The number of anilines is 1. The SMILES string of the molecule is CC[C@@H](C(=O)NC[C@H]1CCCO1)N(C(=O)CNS(=O)(=O)c1ccc(F)cc1)c1ccc(F)cc1. The molecule has 1 aliphatic rings. The van der Waals surface area contributed by atoms with E-state index < -0.39 is 46.1 Å². The molecule has 11 heteroatoms. The second-order valence-electron chi connectivity index (χ2n) is 7.82. The zero-order chi connectivity index (χ0) is 24.7. The van der Waals surface area contributed by atoms with E-state index in [9.17, 15) is 26.8 Å². The number of ether oxygens (including phenoxy) is 1. The molecule has 184 valence electrons. The molecule has 0 saturated carbocycles. The van der Waals surface area contributed by atoms with Crippen molar-refractivity contribution in [1.82, 2.24) is 10.0 Å². The van der Waals surface area contributed by atoms with Crippen LogP contribution in [0.25, 0.3) is 0 Å². The summed E-state index contributed by atoms with van der Waals surface area (Å²) in [6, 6.07) is 8.16. The Hall–Kier alpha value is -2.89. The first kappa shape index (κ1) is 25.7. The van der Waals surface area contributed by atoms with Crippen molar-refractivity contribution in [2.45, 2.75) is 43.2 Å². The molecular formula is C23H27F2N3O5S. The van der Waals surface area contributed by atoms with Crippen molar-refractivity contribution in [2.24, 2.45) is 0 Å². The summed E-state index contributed by atoms with van der Waals surface area (Å²) in [5.41, 5.74) is 0.242. The minimum absolute atomic E-state index is 0.0982. The number of halogens is 2. The van der Waals surface area contributed by atoms with Crippen molar-refractivity contribution in [3.63, 3.8) is 0 Å². The number of benzene rings is 2. The number of nitrogens with one attached hydrogen (secondary N) is 2. The van der Waals surface area contributed by atoms with Gasteiger partial charge in [-0.3, -0.25) is 14.5 Å². The number of carbonyl (C=O) groups excluding carboxylic acids is 2. The lowest BCUT2D eigenvalue weighted by atomic mass is 10.1. The highest BCUT2D eigenvalue weighted by Crippen LogP contribution is 2.21. The summed E-state index contributed by atoms with van der Waals surface area (Å²) in [6.45, 7) is 1.97. The molecular weight excluding hydrogens is 468 g/mol. The number of hydrogen-bond donors (Lipinski definition) is 2. The van der Waals surface area contributed by atoms with Gasteiger partial charge in [0.2, 0.25) is 21.8 Å². The highest BCUT2D eigenvalue weighted by molar-refractivity contribution is 7.89. The van der Waals surface area contributed by atoms with Crippen molar-refractivity contribution in [3.05, 3.63) is 60.2 Å². The van der Waals surface area contributed by atoms with Gasteiger partial charge in [0.25, 0.3) is 0 Å². The van der Waals surface area contributed by atoms with Crippen molar-refractivity contribution in [2.75, 3.05) is 24.6 Å². The third-order valence-corrected chi connectivity index (χ3v) is 6.86. The van der Waals surface area contributed by atoms with Crippen LogP contribution in [0.2, 0.25) is 0 Å². The summed E-state index contributed by atoms with van der Waals surface area (Å²) >= 11 is 0. The number of hydrogen-bond acceptors (Lipinski definition) is 5.